The summed E-state index contributed by atoms with van der Waals surface area (Å²) in [6, 6.07) is 2.22. The summed E-state index contributed by atoms with van der Waals surface area (Å²) in [5.41, 5.74) is 0.997. The van der Waals surface area contributed by atoms with Crippen LogP contribution in [0.15, 0.2) is 21.3 Å². The summed E-state index contributed by atoms with van der Waals surface area (Å²) >= 11 is 1.62. The van der Waals surface area contributed by atoms with Crippen LogP contribution in [-0.2, 0) is 11.3 Å². The van der Waals surface area contributed by atoms with Crippen LogP contribution in [0.1, 0.15) is 31.6 Å². The van der Waals surface area contributed by atoms with E-state index >= 15 is 0 Å². The molecule has 6 nitrogen and oxygen atoms in total. The zero-order valence-electron chi connectivity index (χ0n) is 13.6. The van der Waals surface area contributed by atoms with Gasteiger partial charge in [-0.3, -0.25) is 4.90 Å². The van der Waals surface area contributed by atoms with Gasteiger partial charge in [-0.1, -0.05) is 18.0 Å². The monoisotopic (exact) mass is 349 g/mol. The van der Waals surface area contributed by atoms with Crippen LogP contribution in [0.4, 0.5) is 0 Å². The fourth-order valence-corrected chi connectivity index (χ4v) is 4.47. The van der Waals surface area contributed by atoms with Crippen LogP contribution in [0.2, 0.25) is 0 Å². The highest BCUT2D eigenvalue weighted by Gasteiger charge is 2.36. The lowest BCUT2D eigenvalue weighted by Gasteiger charge is -2.42. The maximum absolute atomic E-state index is 10.4. The lowest BCUT2D eigenvalue weighted by molar-refractivity contribution is -0.0740. The van der Waals surface area contributed by atoms with Gasteiger partial charge in [0.2, 0.25) is 11.7 Å². The molecule has 24 heavy (non-hydrogen) atoms. The SMILES string of the molecule is O[C@@H]1CCCC[C@H]1[C@@H]1COCCN1Cc1nc(-c2ccsc2)no1. The summed E-state index contributed by atoms with van der Waals surface area (Å²) in [6.07, 6.45) is 4.05. The molecule has 0 spiro atoms. The Morgan fingerprint density at radius 1 is 1.33 bits per heavy atom. The van der Waals surface area contributed by atoms with Gasteiger partial charge in [-0.05, 0) is 24.3 Å². The average molecular weight is 349 g/mol. The fourth-order valence-electron chi connectivity index (χ4n) is 3.84. The zero-order chi connectivity index (χ0) is 16.4. The molecular formula is C17H23N3O3S. The molecule has 7 heteroatoms. The summed E-state index contributed by atoms with van der Waals surface area (Å²) in [4.78, 5) is 6.87. The van der Waals surface area contributed by atoms with Gasteiger partial charge in [-0.2, -0.15) is 16.3 Å². The van der Waals surface area contributed by atoms with E-state index in [9.17, 15) is 5.11 Å². The maximum Gasteiger partial charge on any atom is 0.241 e. The molecule has 0 aromatic carbocycles. The third-order valence-corrected chi connectivity index (χ3v) is 5.83. The van der Waals surface area contributed by atoms with E-state index in [0.717, 1.165) is 31.4 Å². The number of ether oxygens (including phenoxy) is 1. The lowest BCUT2D eigenvalue weighted by atomic mass is 9.80. The topological polar surface area (TPSA) is 71.6 Å². The van der Waals surface area contributed by atoms with Gasteiger partial charge in [-0.25, -0.2) is 0 Å². The number of aliphatic hydroxyl groups is 1. The molecule has 1 saturated carbocycles. The second-order valence-corrected chi connectivity index (χ2v) is 7.43. The standard InChI is InChI=1S/C17H23N3O3S/c21-15-4-2-1-3-13(15)14-10-22-7-6-20(14)9-16-18-17(19-23-16)12-5-8-24-11-12/h5,8,11,13-15,21H,1-4,6-7,9-10H2/t13-,14-,15+/m0/s1. The van der Waals surface area contributed by atoms with Crippen LogP contribution in [0, 0.1) is 5.92 Å². The first-order chi connectivity index (χ1) is 11.8. The van der Waals surface area contributed by atoms with Crippen LogP contribution >= 0.6 is 11.3 Å². The van der Waals surface area contributed by atoms with E-state index < -0.39 is 0 Å². The fraction of sp³-hybridized carbons (Fsp3) is 0.647. The van der Waals surface area contributed by atoms with E-state index in [1.807, 2.05) is 16.8 Å². The first-order valence-electron chi connectivity index (χ1n) is 8.66. The van der Waals surface area contributed by atoms with E-state index in [0.29, 0.717) is 31.5 Å². The minimum Gasteiger partial charge on any atom is -0.393 e. The van der Waals surface area contributed by atoms with Gasteiger partial charge >= 0.3 is 0 Å². The van der Waals surface area contributed by atoms with Gasteiger partial charge in [0.15, 0.2) is 0 Å². The van der Waals surface area contributed by atoms with Crippen LogP contribution in [0.3, 0.4) is 0 Å². The van der Waals surface area contributed by atoms with E-state index in [4.69, 9.17) is 9.26 Å². The van der Waals surface area contributed by atoms with Crippen molar-refractivity contribution in [3.8, 4) is 11.4 Å². The molecule has 0 radical (unpaired) electrons. The largest absolute Gasteiger partial charge is 0.393 e. The smallest absolute Gasteiger partial charge is 0.241 e. The predicted octanol–water partition coefficient (Wildman–Crippen LogP) is 2.55. The normalized spacial score (nSPS) is 29.0. The molecule has 1 aliphatic heterocycles. The van der Waals surface area contributed by atoms with Crippen LogP contribution in [0.5, 0.6) is 0 Å². The van der Waals surface area contributed by atoms with Crippen molar-refractivity contribution in [1.29, 1.82) is 0 Å². The minimum absolute atomic E-state index is 0.225. The molecule has 2 aliphatic rings. The Balaban J connectivity index is 1.47. The zero-order valence-corrected chi connectivity index (χ0v) is 14.5. The molecule has 0 bridgehead atoms. The minimum atomic E-state index is -0.225. The highest BCUT2D eigenvalue weighted by atomic mass is 32.1. The van der Waals surface area contributed by atoms with Gasteiger partial charge in [0.1, 0.15) is 0 Å². The van der Waals surface area contributed by atoms with Gasteiger partial charge in [0, 0.05) is 29.4 Å². The molecule has 0 unspecified atom stereocenters. The number of hydrogen-bond acceptors (Lipinski definition) is 7. The average Bonchev–Trinajstić information content (AvgIpc) is 3.27. The molecule has 2 fully saturated rings. The van der Waals surface area contributed by atoms with Crippen molar-refractivity contribution in [1.82, 2.24) is 15.0 Å². The Hall–Kier alpha value is -1.28. The van der Waals surface area contributed by atoms with Crippen molar-refractivity contribution < 1.29 is 14.4 Å². The van der Waals surface area contributed by atoms with Crippen molar-refractivity contribution >= 4 is 11.3 Å². The molecule has 1 N–H and O–H groups in total. The van der Waals surface area contributed by atoms with E-state index in [1.54, 1.807) is 11.3 Å². The molecule has 2 aromatic rings. The number of rotatable bonds is 4. The molecular weight excluding hydrogens is 326 g/mol. The van der Waals surface area contributed by atoms with E-state index in [-0.39, 0.29) is 18.1 Å². The van der Waals surface area contributed by atoms with E-state index in [1.165, 1.54) is 6.42 Å². The molecule has 1 aliphatic carbocycles. The molecule has 2 aromatic heterocycles. The van der Waals surface area contributed by atoms with Crippen molar-refractivity contribution in [3.63, 3.8) is 0 Å². The molecule has 3 atom stereocenters. The Morgan fingerprint density at radius 3 is 3.08 bits per heavy atom. The van der Waals surface area contributed by atoms with Crippen molar-refractivity contribution in [2.24, 2.45) is 5.92 Å². The van der Waals surface area contributed by atoms with Crippen LogP contribution < -0.4 is 0 Å². The predicted molar refractivity (Wildman–Crippen MR) is 90.6 cm³/mol. The first kappa shape index (κ1) is 16.2. The van der Waals surface area contributed by atoms with Crippen LogP contribution in [-0.4, -0.2) is 52.1 Å². The Morgan fingerprint density at radius 2 is 2.25 bits per heavy atom. The van der Waals surface area contributed by atoms with Crippen molar-refractivity contribution in [2.75, 3.05) is 19.8 Å². The summed E-state index contributed by atoms with van der Waals surface area (Å²) < 4.78 is 11.1. The first-order valence-corrected chi connectivity index (χ1v) is 9.60. The molecule has 0 amide bonds. The molecule has 130 valence electrons. The highest BCUT2D eigenvalue weighted by molar-refractivity contribution is 7.08. The second-order valence-electron chi connectivity index (χ2n) is 6.65. The highest BCUT2D eigenvalue weighted by Crippen LogP contribution is 2.31. The third-order valence-electron chi connectivity index (χ3n) is 5.14. The van der Waals surface area contributed by atoms with Gasteiger partial charge in [0.25, 0.3) is 0 Å². The molecule has 1 saturated heterocycles. The number of aromatic nitrogens is 2. The van der Waals surface area contributed by atoms with Gasteiger partial charge < -0.3 is 14.4 Å². The quantitative estimate of drug-likeness (QED) is 0.915. The lowest BCUT2D eigenvalue weighted by Crippen LogP contribution is -2.52. The Bertz CT molecular complexity index is 645. The third kappa shape index (κ3) is 3.39. The van der Waals surface area contributed by atoms with Gasteiger partial charge in [-0.15, -0.1) is 0 Å². The summed E-state index contributed by atoms with van der Waals surface area (Å²) in [7, 11) is 0. The number of aliphatic hydroxyl groups excluding tert-OH is 1. The molecule has 4 rings (SSSR count). The summed E-state index contributed by atoms with van der Waals surface area (Å²) in [5, 5.41) is 18.5. The van der Waals surface area contributed by atoms with Gasteiger partial charge in [0.05, 0.1) is 25.9 Å². The number of thiophene rings is 1. The van der Waals surface area contributed by atoms with E-state index in [2.05, 4.69) is 15.0 Å². The maximum atomic E-state index is 10.4. The Labute approximate surface area is 145 Å². The summed E-state index contributed by atoms with van der Waals surface area (Å²) in [5.74, 6) is 1.56. The number of morpholine rings is 1. The van der Waals surface area contributed by atoms with Crippen molar-refractivity contribution in [3.05, 3.63) is 22.7 Å². The van der Waals surface area contributed by atoms with Crippen molar-refractivity contribution in [2.45, 2.75) is 44.4 Å². The summed E-state index contributed by atoms with van der Waals surface area (Å²) in [6.45, 7) is 2.84. The second kappa shape index (κ2) is 7.31. The Kier molecular flexibility index (Phi) is 4.93. The number of hydrogen-bond donors (Lipinski definition) is 1. The number of nitrogens with zero attached hydrogens (tertiary/aromatic N) is 3. The van der Waals surface area contributed by atoms with Crippen LogP contribution in [0.25, 0.3) is 11.4 Å². The molecule has 3 heterocycles.